The fraction of sp³-hybridized carbons (Fsp3) is 0.273. The lowest BCUT2D eigenvalue weighted by atomic mass is 10.1. The summed E-state index contributed by atoms with van der Waals surface area (Å²) < 4.78 is 1.87. The molecule has 7 nitrogen and oxygen atoms in total. The van der Waals surface area contributed by atoms with Crippen molar-refractivity contribution in [3.05, 3.63) is 69.0 Å². The maximum atomic E-state index is 12.4. The highest BCUT2D eigenvalue weighted by Crippen LogP contribution is 2.23. The van der Waals surface area contributed by atoms with Crippen molar-refractivity contribution < 1.29 is 9.59 Å². The topological polar surface area (TPSA) is 88.9 Å². The number of halogens is 2. The maximum Gasteiger partial charge on any atom is 0.251 e. The summed E-state index contributed by atoms with van der Waals surface area (Å²) in [6.45, 7) is 6.73. The zero-order valence-corrected chi connectivity index (χ0v) is 20.2. The standard InChI is InChI=1S/C22H23Cl2N5O2S/c1-4-29-19(11-25-21(31)15-8-9-16(23)17(24)10-15)27-28-22(29)32-12-20(30)26-18-7-5-6-13(2)14(18)3/h5-10H,4,11-12H2,1-3H3,(H,25,31)(H,26,30). The number of nitrogens with one attached hydrogen (secondary N) is 2. The quantitative estimate of drug-likeness (QED) is 0.438. The van der Waals surface area contributed by atoms with Crippen molar-refractivity contribution >= 4 is 52.5 Å². The fourth-order valence-electron chi connectivity index (χ4n) is 2.98. The van der Waals surface area contributed by atoms with Crippen molar-refractivity contribution in [1.82, 2.24) is 20.1 Å². The van der Waals surface area contributed by atoms with E-state index in [2.05, 4.69) is 20.8 Å². The van der Waals surface area contributed by atoms with Gasteiger partial charge in [0.1, 0.15) is 0 Å². The Morgan fingerprint density at radius 2 is 1.88 bits per heavy atom. The number of anilines is 1. The number of aromatic nitrogens is 3. The van der Waals surface area contributed by atoms with Gasteiger partial charge >= 0.3 is 0 Å². The van der Waals surface area contributed by atoms with E-state index in [0.717, 1.165) is 16.8 Å². The second kappa shape index (κ2) is 10.8. The van der Waals surface area contributed by atoms with Crippen LogP contribution in [0.5, 0.6) is 0 Å². The Bertz CT molecular complexity index is 1150. The van der Waals surface area contributed by atoms with Crippen LogP contribution in [0.15, 0.2) is 41.6 Å². The van der Waals surface area contributed by atoms with Crippen molar-refractivity contribution in [2.24, 2.45) is 0 Å². The number of carbonyl (C=O) groups excluding carboxylic acids is 2. The third-order valence-corrected chi connectivity index (χ3v) is 6.62. The minimum absolute atomic E-state index is 0.121. The Balaban J connectivity index is 1.59. The van der Waals surface area contributed by atoms with E-state index in [0.29, 0.717) is 33.1 Å². The van der Waals surface area contributed by atoms with Crippen molar-refractivity contribution in [2.45, 2.75) is 39.0 Å². The maximum absolute atomic E-state index is 12.4. The minimum Gasteiger partial charge on any atom is -0.345 e. The molecule has 32 heavy (non-hydrogen) atoms. The van der Waals surface area contributed by atoms with E-state index < -0.39 is 0 Å². The highest BCUT2D eigenvalue weighted by atomic mass is 35.5. The van der Waals surface area contributed by atoms with Crippen LogP contribution in [0.1, 0.15) is 34.2 Å². The number of hydrogen-bond donors (Lipinski definition) is 2. The van der Waals surface area contributed by atoms with Crippen LogP contribution >= 0.6 is 35.0 Å². The van der Waals surface area contributed by atoms with Gasteiger partial charge in [0.25, 0.3) is 5.91 Å². The molecule has 3 aromatic rings. The summed E-state index contributed by atoms with van der Waals surface area (Å²) >= 11 is 13.2. The molecule has 0 aliphatic heterocycles. The van der Waals surface area contributed by atoms with E-state index >= 15 is 0 Å². The predicted octanol–water partition coefficient (Wildman–Crippen LogP) is 4.88. The summed E-state index contributed by atoms with van der Waals surface area (Å²) in [5.74, 6) is 0.375. The van der Waals surface area contributed by atoms with Gasteiger partial charge in [0, 0.05) is 17.8 Å². The van der Waals surface area contributed by atoms with Crippen molar-refractivity contribution in [3.8, 4) is 0 Å². The third kappa shape index (κ3) is 5.82. The van der Waals surface area contributed by atoms with Gasteiger partial charge in [-0.25, -0.2) is 0 Å². The molecule has 0 atom stereocenters. The van der Waals surface area contributed by atoms with Gasteiger partial charge in [-0.1, -0.05) is 47.1 Å². The van der Waals surface area contributed by atoms with Crippen LogP contribution in [-0.2, 0) is 17.9 Å². The number of amides is 2. The number of thioether (sulfide) groups is 1. The summed E-state index contributed by atoms with van der Waals surface area (Å²) in [4.78, 5) is 24.8. The molecule has 0 aliphatic carbocycles. The predicted molar refractivity (Wildman–Crippen MR) is 129 cm³/mol. The monoisotopic (exact) mass is 491 g/mol. The normalized spacial score (nSPS) is 10.8. The van der Waals surface area contributed by atoms with Gasteiger partial charge in [0.2, 0.25) is 5.91 Å². The molecule has 0 aliphatic rings. The molecule has 0 saturated heterocycles. The molecule has 168 valence electrons. The first kappa shape index (κ1) is 24.1. The lowest BCUT2D eigenvalue weighted by Crippen LogP contribution is -2.24. The first-order chi connectivity index (χ1) is 15.3. The average Bonchev–Trinajstić information content (AvgIpc) is 3.17. The van der Waals surface area contributed by atoms with E-state index in [-0.39, 0.29) is 24.1 Å². The van der Waals surface area contributed by atoms with Crippen LogP contribution in [0.4, 0.5) is 5.69 Å². The zero-order valence-electron chi connectivity index (χ0n) is 17.9. The number of carbonyl (C=O) groups is 2. The van der Waals surface area contributed by atoms with E-state index in [1.165, 1.54) is 17.8 Å². The van der Waals surface area contributed by atoms with Crippen molar-refractivity contribution in [2.75, 3.05) is 11.1 Å². The molecule has 0 saturated carbocycles. The summed E-state index contributed by atoms with van der Waals surface area (Å²) in [5, 5.41) is 15.4. The molecule has 0 bridgehead atoms. The van der Waals surface area contributed by atoms with Gasteiger partial charge in [-0.2, -0.15) is 0 Å². The molecule has 0 radical (unpaired) electrons. The van der Waals surface area contributed by atoms with E-state index in [4.69, 9.17) is 23.2 Å². The van der Waals surface area contributed by atoms with Crippen LogP contribution in [-0.4, -0.2) is 32.3 Å². The van der Waals surface area contributed by atoms with Gasteiger partial charge in [-0.3, -0.25) is 9.59 Å². The van der Waals surface area contributed by atoms with Crippen molar-refractivity contribution in [1.29, 1.82) is 0 Å². The fourth-order valence-corrected chi connectivity index (χ4v) is 4.10. The van der Waals surface area contributed by atoms with E-state index in [1.807, 2.05) is 43.5 Å². The molecule has 10 heteroatoms. The van der Waals surface area contributed by atoms with Crippen LogP contribution in [0, 0.1) is 13.8 Å². The second-order valence-corrected chi connectivity index (χ2v) is 8.80. The Morgan fingerprint density at radius 1 is 1.09 bits per heavy atom. The van der Waals surface area contributed by atoms with Gasteiger partial charge in [0.15, 0.2) is 11.0 Å². The Morgan fingerprint density at radius 3 is 2.59 bits per heavy atom. The lowest BCUT2D eigenvalue weighted by Gasteiger charge is -2.11. The smallest absolute Gasteiger partial charge is 0.251 e. The van der Waals surface area contributed by atoms with Gasteiger partial charge < -0.3 is 15.2 Å². The first-order valence-electron chi connectivity index (χ1n) is 9.94. The summed E-state index contributed by atoms with van der Waals surface area (Å²) in [6.07, 6.45) is 0. The van der Waals surface area contributed by atoms with Crippen LogP contribution in [0.2, 0.25) is 10.0 Å². The highest BCUT2D eigenvalue weighted by Gasteiger charge is 2.15. The molecular weight excluding hydrogens is 469 g/mol. The first-order valence-corrected chi connectivity index (χ1v) is 11.7. The Labute approximate surface area is 200 Å². The van der Waals surface area contributed by atoms with Crippen LogP contribution in [0.3, 0.4) is 0 Å². The molecule has 0 fully saturated rings. The van der Waals surface area contributed by atoms with Gasteiger partial charge in [-0.15, -0.1) is 10.2 Å². The number of rotatable bonds is 8. The molecule has 1 aromatic heterocycles. The Kier molecular flexibility index (Phi) is 8.17. The number of aryl methyl sites for hydroxylation is 1. The lowest BCUT2D eigenvalue weighted by molar-refractivity contribution is -0.113. The molecule has 0 unspecified atom stereocenters. The van der Waals surface area contributed by atoms with Crippen LogP contribution < -0.4 is 10.6 Å². The van der Waals surface area contributed by atoms with Gasteiger partial charge in [0.05, 0.1) is 22.3 Å². The SMILES string of the molecule is CCn1c(CNC(=O)c2ccc(Cl)c(Cl)c2)nnc1SCC(=O)Nc1cccc(C)c1C. The summed E-state index contributed by atoms with van der Waals surface area (Å²) in [6, 6.07) is 10.5. The van der Waals surface area contributed by atoms with Gasteiger partial charge in [-0.05, 0) is 56.2 Å². The molecule has 1 heterocycles. The van der Waals surface area contributed by atoms with Crippen molar-refractivity contribution in [3.63, 3.8) is 0 Å². The molecule has 0 spiro atoms. The largest absolute Gasteiger partial charge is 0.345 e. The molecular formula is C22H23Cl2N5O2S. The number of benzene rings is 2. The highest BCUT2D eigenvalue weighted by molar-refractivity contribution is 7.99. The van der Waals surface area contributed by atoms with Crippen LogP contribution in [0.25, 0.3) is 0 Å². The summed E-state index contributed by atoms with van der Waals surface area (Å²) in [7, 11) is 0. The second-order valence-electron chi connectivity index (χ2n) is 7.04. The Hall–Kier alpha value is -2.55. The minimum atomic E-state index is -0.295. The van der Waals surface area contributed by atoms with E-state index in [9.17, 15) is 9.59 Å². The number of nitrogens with zero attached hydrogens (tertiary/aromatic N) is 3. The molecule has 2 aromatic carbocycles. The number of hydrogen-bond acceptors (Lipinski definition) is 5. The van der Waals surface area contributed by atoms with E-state index in [1.54, 1.807) is 12.1 Å². The summed E-state index contributed by atoms with van der Waals surface area (Å²) in [5.41, 5.74) is 3.37. The zero-order chi connectivity index (χ0) is 23.3. The molecule has 2 N–H and O–H groups in total. The average molecular weight is 492 g/mol. The molecule has 3 rings (SSSR count). The third-order valence-electron chi connectivity index (χ3n) is 4.91. The molecule has 2 amide bonds.